The summed E-state index contributed by atoms with van der Waals surface area (Å²) in [6, 6.07) is 7.43. The van der Waals surface area contributed by atoms with Crippen molar-refractivity contribution in [2.24, 2.45) is 0 Å². The van der Waals surface area contributed by atoms with Crippen LogP contribution in [0, 0.1) is 0 Å². The molecule has 0 radical (unpaired) electrons. The maximum Gasteiger partial charge on any atom is 0.556 e. The molecule has 8 heteroatoms. The summed E-state index contributed by atoms with van der Waals surface area (Å²) in [5.74, 6) is -1.94. The second kappa shape index (κ2) is 4.85. The molecule has 0 bridgehead atoms. The molecule has 0 saturated carbocycles. The Kier molecular flexibility index (Phi) is 4.02. The highest BCUT2D eigenvalue weighted by molar-refractivity contribution is 5.13. The Morgan fingerprint density at radius 3 is 2.17 bits per heavy atom. The maximum absolute atomic E-state index is 13.9. The van der Waals surface area contributed by atoms with E-state index < -0.39 is 28.5 Å². The minimum absolute atomic E-state index is 0. The fraction of sp³-hybridized carbons (Fsp3) is 0.200. The second-order valence-electron chi connectivity index (χ2n) is 3.66. The molecular formula is C10H8BrF5N2. The monoisotopic (exact) mass is 330 g/mol. The van der Waals surface area contributed by atoms with Gasteiger partial charge in [-0.2, -0.15) is 4.39 Å². The summed E-state index contributed by atoms with van der Waals surface area (Å²) in [6.07, 6.45) is -4.69. The lowest BCUT2D eigenvalue weighted by atomic mass is 10.2. The number of quaternary nitrogens is 1. The van der Waals surface area contributed by atoms with Crippen LogP contribution in [0.15, 0.2) is 42.5 Å². The van der Waals surface area contributed by atoms with Crippen molar-refractivity contribution in [2.45, 2.75) is 12.7 Å². The Morgan fingerprint density at radius 1 is 1.17 bits per heavy atom. The number of nitrogens with zero attached hydrogens (tertiary/aromatic N) is 2. The van der Waals surface area contributed by atoms with Gasteiger partial charge in [0, 0.05) is 10.0 Å². The van der Waals surface area contributed by atoms with Crippen molar-refractivity contribution >= 4 is 0 Å². The van der Waals surface area contributed by atoms with E-state index in [1.54, 1.807) is 6.07 Å². The van der Waals surface area contributed by atoms with Crippen LogP contribution in [0.5, 0.6) is 0 Å². The molecule has 1 aromatic carbocycles. The molecule has 0 aromatic heterocycles. The number of halogens is 6. The van der Waals surface area contributed by atoms with E-state index >= 15 is 0 Å². The Morgan fingerprint density at radius 2 is 1.72 bits per heavy atom. The van der Waals surface area contributed by atoms with Gasteiger partial charge in [-0.05, 0) is 4.71 Å². The molecule has 1 atom stereocenters. The first-order valence-electron chi connectivity index (χ1n) is 4.70. The molecule has 1 aliphatic heterocycles. The quantitative estimate of drug-likeness (QED) is 0.431. The standard InChI is InChI=1S/C10H8F5N2.BrH/c11-9-7-17(15,10(12,13)16(9)14)6-8-4-2-1-3-5-8;/h1-5,7H,6H2;1H/q+1;/p-1. The molecule has 1 aromatic rings. The first kappa shape index (κ1) is 14.9. The molecular weight excluding hydrogens is 323 g/mol. The highest BCUT2D eigenvalue weighted by Gasteiger charge is 2.68. The summed E-state index contributed by atoms with van der Waals surface area (Å²) >= 11 is 0. The van der Waals surface area contributed by atoms with Gasteiger partial charge < -0.3 is 17.0 Å². The Bertz CT molecular complexity index is 453. The van der Waals surface area contributed by atoms with Gasteiger partial charge in [0.05, 0.1) is 0 Å². The Hall–Kier alpha value is -1.15. The summed E-state index contributed by atoms with van der Waals surface area (Å²) in [5, 5.41) is -1.50. The summed E-state index contributed by atoms with van der Waals surface area (Å²) in [4.78, 5) is 0. The van der Waals surface area contributed by atoms with E-state index in [1.165, 1.54) is 24.3 Å². The van der Waals surface area contributed by atoms with Crippen LogP contribution in [0.25, 0.3) is 0 Å². The van der Waals surface area contributed by atoms with E-state index in [-0.39, 0.29) is 28.7 Å². The van der Waals surface area contributed by atoms with E-state index in [2.05, 4.69) is 0 Å². The van der Waals surface area contributed by atoms with Crippen molar-refractivity contribution in [3.05, 3.63) is 48.0 Å². The van der Waals surface area contributed by atoms with Gasteiger partial charge >= 0.3 is 6.17 Å². The van der Waals surface area contributed by atoms with Gasteiger partial charge in [0.2, 0.25) is 0 Å². The Balaban J connectivity index is 0.00000162. The lowest BCUT2D eigenvalue weighted by Crippen LogP contribution is -3.00. The zero-order chi connectivity index (χ0) is 12.7. The van der Waals surface area contributed by atoms with E-state index in [4.69, 9.17) is 0 Å². The van der Waals surface area contributed by atoms with Crippen molar-refractivity contribution in [3.8, 4) is 0 Å². The molecule has 0 fully saturated rings. The van der Waals surface area contributed by atoms with Gasteiger partial charge in [0.15, 0.2) is 12.7 Å². The van der Waals surface area contributed by atoms with Crippen LogP contribution in [0.2, 0.25) is 0 Å². The van der Waals surface area contributed by atoms with E-state index in [0.29, 0.717) is 0 Å². The first-order valence-corrected chi connectivity index (χ1v) is 4.70. The van der Waals surface area contributed by atoms with Crippen LogP contribution in [0.3, 0.4) is 0 Å². The molecule has 2 nitrogen and oxygen atoms in total. The van der Waals surface area contributed by atoms with Crippen molar-refractivity contribution in [2.75, 3.05) is 0 Å². The molecule has 1 unspecified atom stereocenters. The van der Waals surface area contributed by atoms with E-state index in [1.807, 2.05) is 0 Å². The van der Waals surface area contributed by atoms with Crippen molar-refractivity contribution < 1.29 is 43.8 Å². The zero-order valence-electron chi connectivity index (χ0n) is 8.83. The number of alkyl halides is 2. The third kappa shape index (κ3) is 2.22. The number of rotatable bonds is 2. The molecule has 0 aliphatic carbocycles. The molecule has 1 heterocycles. The topological polar surface area (TPSA) is 3.24 Å². The van der Waals surface area contributed by atoms with Crippen LogP contribution in [-0.4, -0.2) is 16.0 Å². The summed E-state index contributed by atoms with van der Waals surface area (Å²) < 4.78 is 62.9. The van der Waals surface area contributed by atoms with Gasteiger partial charge in [-0.3, -0.25) is 0 Å². The molecule has 100 valence electrons. The number of hydrogen-bond acceptors (Lipinski definition) is 1. The van der Waals surface area contributed by atoms with Crippen molar-refractivity contribution in [1.82, 2.24) is 5.12 Å². The average molecular weight is 331 g/mol. The van der Waals surface area contributed by atoms with Gasteiger partial charge in [0.1, 0.15) is 0 Å². The average Bonchev–Trinajstić information content (AvgIpc) is 2.41. The highest BCUT2D eigenvalue weighted by atomic mass is 79.9. The van der Waals surface area contributed by atoms with Crippen molar-refractivity contribution in [3.63, 3.8) is 0 Å². The summed E-state index contributed by atoms with van der Waals surface area (Å²) in [7, 11) is 0. The molecule has 0 N–H and O–H groups in total. The zero-order valence-corrected chi connectivity index (χ0v) is 10.4. The van der Waals surface area contributed by atoms with Crippen molar-refractivity contribution in [1.29, 1.82) is 0 Å². The fourth-order valence-electron chi connectivity index (χ4n) is 1.56. The van der Waals surface area contributed by atoms with Gasteiger partial charge in [-0.1, -0.05) is 39.9 Å². The lowest BCUT2D eigenvalue weighted by Gasteiger charge is -2.25. The first-order chi connectivity index (χ1) is 7.87. The van der Waals surface area contributed by atoms with Gasteiger partial charge in [0.25, 0.3) is 5.95 Å². The second-order valence-corrected chi connectivity index (χ2v) is 3.66. The third-order valence-corrected chi connectivity index (χ3v) is 2.44. The number of hydrogen-bond donors (Lipinski definition) is 0. The molecule has 0 amide bonds. The predicted octanol–water partition coefficient (Wildman–Crippen LogP) is 0.411. The van der Waals surface area contributed by atoms with E-state index in [9.17, 15) is 22.1 Å². The predicted molar refractivity (Wildman–Crippen MR) is 48.6 cm³/mol. The van der Waals surface area contributed by atoms with E-state index in [0.717, 1.165) is 0 Å². The molecule has 2 rings (SSSR count). The van der Waals surface area contributed by atoms with Crippen LogP contribution < -0.4 is 17.0 Å². The van der Waals surface area contributed by atoms with Crippen LogP contribution in [0.1, 0.15) is 5.56 Å². The minimum Gasteiger partial charge on any atom is -1.00 e. The lowest BCUT2D eigenvalue weighted by molar-refractivity contribution is -1.10. The summed E-state index contributed by atoms with van der Waals surface area (Å²) in [5.41, 5.74) is 0.203. The third-order valence-electron chi connectivity index (χ3n) is 2.44. The smallest absolute Gasteiger partial charge is 0.556 e. The van der Waals surface area contributed by atoms with Crippen LogP contribution in [0.4, 0.5) is 22.1 Å². The number of benzene rings is 1. The largest absolute Gasteiger partial charge is 1.00 e. The molecule has 1 aliphatic rings. The Labute approximate surface area is 110 Å². The molecule has 0 saturated heterocycles. The normalized spacial score (nSPS) is 25.6. The fourth-order valence-corrected chi connectivity index (χ4v) is 1.56. The van der Waals surface area contributed by atoms with Crippen LogP contribution >= 0.6 is 0 Å². The van der Waals surface area contributed by atoms with Crippen LogP contribution in [-0.2, 0) is 6.54 Å². The molecule has 18 heavy (non-hydrogen) atoms. The SMILES string of the molecule is FC1=C[N+](F)(Cc2ccccc2)C(F)(F)N1F.[Br-]. The molecule has 0 spiro atoms. The summed E-state index contributed by atoms with van der Waals surface area (Å²) in [6.45, 7) is -0.859. The van der Waals surface area contributed by atoms with Gasteiger partial charge in [-0.25, -0.2) is 0 Å². The highest BCUT2D eigenvalue weighted by Crippen LogP contribution is 2.44. The maximum atomic E-state index is 13.9. The minimum atomic E-state index is -4.60. The van der Waals surface area contributed by atoms with Gasteiger partial charge in [-0.15, -0.1) is 8.78 Å².